The van der Waals surface area contributed by atoms with Gasteiger partial charge in [0.15, 0.2) is 5.01 Å². The third-order valence-corrected chi connectivity index (χ3v) is 5.62. The van der Waals surface area contributed by atoms with Crippen LogP contribution in [-0.2, 0) is 16.6 Å². The Morgan fingerprint density at radius 2 is 1.90 bits per heavy atom. The molecule has 148 valence electrons. The number of nitrogens with one attached hydrogen (secondary N) is 1. The molecule has 0 radical (unpaired) electrons. The molecule has 0 fully saturated rings. The third-order valence-electron chi connectivity index (χ3n) is 3.99. The summed E-state index contributed by atoms with van der Waals surface area (Å²) in [5.41, 5.74) is 2.81. The zero-order valence-corrected chi connectivity index (χ0v) is 16.5. The Labute approximate surface area is 169 Å². The van der Waals surface area contributed by atoms with E-state index in [2.05, 4.69) is 19.9 Å². The van der Waals surface area contributed by atoms with E-state index in [1.165, 1.54) is 11.3 Å². The number of ketones is 1. The topological polar surface area (TPSA) is 141 Å². The van der Waals surface area contributed by atoms with E-state index in [9.17, 15) is 13.2 Å². The summed E-state index contributed by atoms with van der Waals surface area (Å²) >= 11 is 1.24. The summed E-state index contributed by atoms with van der Waals surface area (Å²) in [6.07, 6.45) is 0.108. The highest BCUT2D eigenvalue weighted by atomic mass is 32.2. The highest BCUT2D eigenvalue weighted by molar-refractivity contribution is 7.87. The second-order valence-electron chi connectivity index (χ2n) is 6.09. The maximum Gasteiger partial charge on any atom is 0.291 e. The Balaban J connectivity index is 1.53. The lowest BCUT2D eigenvalue weighted by atomic mass is 10.1. The van der Waals surface area contributed by atoms with Crippen LogP contribution in [0.4, 0.5) is 0 Å². The lowest BCUT2D eigenvalue weighted by Crippen LogP contribution is -2.32. The summed E-state index contributed by atoms with van der Waals surface area (Å²) in [5, 5.41) is 12.6. The van der Waals surface area contributed by atoms with Crippen LogP contribution in [0.3, 0.4) is 0 Å². The Morgan fingerprint density at radius 3 is 2.66 bits per heavy atom. The van der Waals surface area contributed by atoms with Crippen molar-refractivity contribution in [1.29, 1.82) is 0 Å². The normalized spacial score (nSPS) is 11.8. The van der Waals surface area contributed by atoms with Gasteiger partial charge in [0.25, 0.3) is 21.9 Å². The molecule has 0 atom stereocenters. The molecule has 4 rings (SSSR count). The third kappa shape index (κ3) is 4.54. The second-order valence-corrected chi connectivity index (χ2v) is 8.50. The van der Waals surface area contributed by atoms with E-state index in [-0.39, 0.29) is 29.8 Å². The van der Waals surface area contributed by atoms with Crippen LogP contribution < -0.4 is 9.86 Å². The van der Waals surface area contributed by atoms with Crippen molar-refractivity contribution in [2.45, 2.75) is 6.42 Å². The molecule has 0 unspecified atom stereocenters. The van der Waals surface area contributed by atoms with Crippen LogP contribution in [-0.4, -0.2) is 35.9 Å². The van der Waals surface area contributed by atoms with Crippen LogP contribution in [0.1, 0.15) is 21.6 Å². The maximum absolute atomic E-state index is 12.6. The van der Waals surface area contributed by atoms with Crippen molar-refractivity contribution in [1.82, 2.24) is 19.9 Å². The van der Waals surface area contributed by atoms with Gasteiger partial charge in [-0.1, -0.05) is 36.4 Å². The SMILES string of the molecule is NS(=O)(=O)NCCc1nnc(C(=O)c2nc3ccc(-c4ccccc4)cc3s2)o1. The number of carbonyl (C=O) groups is 1. The summed E-state index contributed by atoms with van der Waals surface area (Å²) in [6, 6.07) is 15.7. The lowest BCUT2D eigenvalue weighted by Gasteiger charge is -2.00. The van der Waals surface area contributed by atoms with Crippen molar-refractivity contribution >= 4 is 37.5 Å². The molecule has 2 aromatic heterocycles. The predicted octanol–water partition coefficient (Wildman–Crippen LogP) is 1.91. The van der Waals surface area contributed by atoms with Gasteiger partial charge < -0.3 is 4.42 Å². The zero-order chi connectivity index (χ0) is 20.4. The van der Waals surface area contributed by atoms with Gasteiger partial charge in [0.1, 0.15) is 0 Å². The fraction of sp³-hybridized carbons (Fsp3) is 0.111. The predicted molar refractivity (Wildman–Crippen MR) is 108 cm³/mol. The van der Waals surface area contributed by atoms with Gasteiger partial charge in [0.2, 0.25) is 5.89 Å². The Hall–Kier alpha value is -2.99. The number of carbonyl (C=O) groups excluding carboxylic acids is 1. The van der Waals surface area contributed by atoms with E-state index in [4.69, 9.17) is 9.56 Å². The number of fused-ring (bicyclic) bond motifs is 1. The molecule has 11 heteroatoms. The molecule has 0 amide bonds. The Kier molecular flexibility index (Phi) is 5.20. The number of thiazole rings is 1. The van der Waals surface area contributed by atoms with Crippen molar-refractivity contribution in [3.05, 3.63) is 65.3 Å². The van der Waals surface area contributed by atoms with Crippen molar-refractivity contribution in [3.8, 4) is 11.1 Å². The van der Waals surface area contributed by atoms with Gasteiger partial charge in [-0.2, -0.15) is 8.42 Å². The number of hydrogen-bond donors (Lipinski definition) is 2. The van der Waals surface area contributed by atoms with E-state index in [1.54, 1.807) is 0 Å². The number of benzene rings is 2. The minimum atomic E-state index is -3.80. The van der Waals surface area contributed by atoms with Gasteiger partial charge >= 0.3 is 0 Å². The molecule has 3 N–H and O–H groups in total. The number of rotatable bonds is 7. The van der Waals surface area contributed by atoms with Gasteiger partial charge in [-0.25, -0.2) is 14.8 Å². The fourth-order valence-corrected chi connectivity index (χ4v) is 3.99. The van der Waals surface area contributed by atoms with Crippen molar-refractivity contribution in [2.24, 2.45) is 5.14 Å². The second kappa shape index (κ2) is 7.79. The first-order chi connectivity index (χ1) is 13.9. The van der Waals surface area contributed by atoms with Crippen molar-refractivity contribution in [2.75, 3.05) is 6.54 Å². The number of nitrogens with two attached hydrogens (primary N) is 1. The number of nitrogens with zero attached hydrogens (tertiary/aromatic N) is 3. The van der Waals surface area contributed by atoms with Crippen LogP contribution in [0, 0.1) is 0 Å². The van der Waals surface area contributed by atoms with Gasteiger partial charge in [-0.3, -0.25) is 4.79 Å². The highest BCUT2D eigenvalue weighted by Gasteiger charge is 2.21. The molecular weight excluding hydrogens is 414 g/mol. The first-order valence-corrected chi connectivity index (χ1v) is 10.9. The van der Waals surface area contributed by atoms with Gasteiger partial charge in [0, 0.05) is 13.0 Å². The van der Waals surface area contributed by atoms with Crippen LogP contribution in [0.15, 0.2) is 52.9 Å². The molecule has 2 heterocycles. The van der Waals surface area contributed by atoms with E-state index in [0.29, 0.717) is 5.52 Å². The average molecular weight is 429 g/mol. The van der Waals surface area contributed by atoms with Crippen LogP contribution >= 0.6 is 11.3 Å². The fourth-order valence-electron chi connectivity index (χ4n) is 2.67. The molecule has 9 nitrogen and oxygen atoms in total. The first-order valence-electron chi connectivity index (χ1n) is 8.49. The molecule has 0 spiro atoms. The molecule has 29 heavy (non-hydrogen) atoms. The summed E-state index contributed by atoms with van der Waals surface area (Å²) < 4.78 is 30.0. The Morgan fingerprint density at radius 1 is 1.10 bits per heavy atom. The van der Waals surface area contributed by atoms with E-state index in [0.717, 1.165) is 15.8 Å². The zero-order valence-electron chi connectivity index (χ0n) is 14.9. The van der Waals surface area contributed by atoms with Gasteiger partial charge in [0.05, 0.1) is 10.2 Å². The summed E-state index contributed by atoms with van der Waals surface area (Å²) in [5.74, 6) is -0.555. The van der Waals surface area contributed by atoms with E-state index >= 15 is 0 Å². The molecule has 0 bridgehead atoms. The number of aromatic nitrogens is 3. The molecule has 0 aliphatic carbocycles. The number of hydrogen-bond acceptors (Lipinski definition) is 8. The van der Waals surface area contributed by atoms with Crippen LogP contribution in [0.2, 0.25) is 0 Å². The lowest BCUT2D eigenvalue weighted by molar-refractivity contribution is 0.100. The van der Waals surface area contributed by atoms with E-state index < -0.39 is 16.0 Å². The average Bonchev–Trinajstić information content (AvgIpc) is 3.33. The minimum absolute atomic E-state index is 0.0158. The maximum atomic E-state index is 12.6. The molecule has 0 aliphatic heterocycles. The molecule has 4 aromatic rings. The first kappa shape index (κ1) is 19.3. The minimum Gasteiger partial charge on any atom is -0.418 e. The standard InChI is InChI=1S/C18H15N5O4S2/c19-29(25,26)20-9-8-15-22-23-17(27-15)16(24)18-21-13-7-6-12(10-14(13)28-18)11-4-2-1-3-5-11/h1-7,10,20H,8-9H2,(H2,19,25,26). The monoisotopic (exact) mass is 429 g/mol. The van der Waals surface area contributed by atoms with Crippen LogP contribution in [0.5, 0.6) is 0 Å². The van der Waals surface area contributed by atoms with E-state index in [1.807, 2.05) is 48.5 Å². The summed E-state index contributed by atoms with van der Waals surface area (Å²) in [6.45, 7) is -0.0158. The van der Waals surface area contributed by atoms with Crippen molar-refractivity contribution in [3.63, 3.8) is 0 Å². The summed E-state index contributed by atoms with van der Waals surface area (Å²) in [4.78, 5) is 17.0. The Bertz CT molecular complexity index is 1280. The van der Waals surface area contributed by atoms with Crippen LogP contribution in [0.25, 0.3) is 21.3 Å². The molecule has 0 saturated heterocycles. The van der Waals surface area contributed by atoms with Gasteiger partial charge in [-0.15, -0.1) is 21.5 Å². The van der Waals surface area contributed by atoms with Crippen molar-refractivity contribution < 1.29 is 17.6 Å². The van der Waals surface area contributed by atoms with Gasteiger partial charge in [-0.05, 0) is 23.3 Å². The largest absolute Gasteiger partial charge is 0.418 e. The molecular formula is C18H15N5O4S2. The smallest absolute Gasteiger partial charge is 0.291 e. The quantitative estimate of drug-likeness (QED) is 0.427. The molecule has 2 aromatic carbocycles. The molecule has 0 aliphatic rings. The summed E-state index contributed by atoms with van der Waals surface area (Å²) in [7, 11) is -3.80. The highest BCUT2D eigenvalue weighted by Crippen LogP contribution is 2.29. The molecule has 0 saturated carbocycles.